The van der Waals surface area contributed by atoms with Gasteiger partial charge in [0.15, 0.2) is 0 Å². The quantitative estimate of drug-likeness (QED) is 0.861. The second-order valence-electron chi connectivity index (χ2n) is 4.45. The Balaban J connectivity index is 1.96. The minimum Gasteiger partial charge on any atom is -0.489 e. The first-order valence-corrected chi connectivity index (χ1v) is 6.72. The molecule has 0 saturated heterocycles. The summed E-state index contributed by atoms with van der Waals surface area (Å²) in [4.78, 5) is 0. The van der Waals surface area contributed by atoms with Crippen LogP contribution in [0.4, 0.5) is 0 Å². The average molecular weight is 266 g/mol. The Morgan fingerprint density at radius 3 is 2.55 bits per heavy atom. The molecule has 0 radical (unpaired) electrons. The molecule has 0 saturated carbocycles. The van der Waals surface area contributed by atoms with E-state index in [4.69, 9.17) is 9.84 Å². The van der Waals surface area contributed by atoms with Gasteiger partial charge in [0.25, 0.3) is 0 Å². The Morgan fingerprint density at radius 2 is 1.85 bits per heavy atom. The Morgan fingerprint density at radius 1 is 1.05 bits per heavy atom. The summed E-state index contributed by atoms with van der Waals surface area (Å²) in [5.41, 5.74) is 3.27. The van der Waals surface area contributed by atoms with Gasteiger partial charge in [-0.15, -0.1) is 0 Å². The maximum atomic E-state index is 8.64. The fourth-order valence-corrected chi connectivity index (χ4v) is 1.85. The SMILES string of the molecule is CCc1cccc(OCc2ccc(C#CCO)cc2)c1. The van der Waals surface area contributed by atoms with Gasteiger partial charge in [0, 0.05) is 5.56 Å². The van der Waals surface area contributed by atoms with E-state index >= 15 is 0 Å². The van der Waals surface area contributed by atoms with Gasteiger partial charge in [-0.05, 0) is 41.8 Å². The van der Waals surface area contributed by atoms with Crippen molar-refractivity contribution in [2.75, 3.05) is 6.61 Å². The predicted octanol–water partition coefficient (Wildman–Crippen LogP) is 3.17. The first-order valence-electron chi connectivity index (χ1n) is 6.72. The third kappa shape index (κ3) is 4.15. The number of ether oxygens (including phenoxy) is 1. The summed E-state index contributed by atoms with van der Waals surface area (Å²) >= 11 is 0. The van der Waals surface area contributed by atoms with Gasteiger partial charge in [-0.25, -0.2) is 0 Å². The Kier molecular flexibility index (Phi) is 5.23. The molecule has 0 aliphatic heterocycles. The Hall–Kier alpha value is -2.24. The molecule has 102 valence electrons. The molecule has 0 heterocycles. The number of hydrogen-bond donors (Lipinski definition) is 1. The molecular weight excluding hydrogens is 248 g/mol. The van der Waals surface area contributed by atoms with Crippen molar-refractivity contribution < 1.29 is 9.84 Å². The maximum absolute atomic E-state index is 8.64. The molecule has 0 aliphatic carbocycles. The van der Waals surface area contributed by atoms with Crippen LogP contribution in [0.1, 0.15) is 23.6 Å². The van der Waals surface area contributed by atoms with Crippen LogP contribution in [0.5, 0.6) is 5.75 Å². The molecule has 1 N–H and O–H groups in total. The second kappa shape index (κ2) is 7.37. The van der Waals surface area contributed by atoms with Crippen LogP contribution < -0.4 is 4.74 Å². The molecule has 0 atom stereocenters. The third-order valence-corrected chi connectivity index (χ3v) is 2.98. The molecule has 2 aromatic carbocycles. The van der Waals surface area contributed by atoms with Crippen LogP contribution in [0.2, 0.25) is 0 Å². The molecule has 2 heteroatoms. The molecule has 0 bridgehead atoms. The van der Waals surface area contributed by atoms with Crippen LogP contribution in [-0.2, 0) is 13.0 Å². The Bertz CT molecular complexity index is 603. The summed E-state index contributed by atoms with van der Waals surface area (Å²) in [6.45, 7) is 2.56. The molecule has 2 aromatic rings. The van der Waals surface area contributed by atoms with Crippen LogP contribution in [-0.4, -0.2) is 11.7 Å². The van der Waals surface area contributed by atoms with E-state index in [-0.39, 0.29) is 6.61 Å². The fraction of sp³-hybridized carbons (Fsp3) is 0.222. The van der Waals surface area contributed by atoms with E-state index in [1.165, 1.54) is 5.56 Å². The largest absolute Gasteiger partial charge is 0.489 e. The van der Waals surface area contributed by atoms with Gasteiger partial charge >= 0.3 is 0 Å². The van der Waals surface area contributed by atoms with Crippen LogP contribution in [0, 0.1) is 11.8 Å². The van der Waals surface area contributed by atoms with Gasteiger partial charge < -0.3 is 9.84 Å². The van der Waals surface area contributed by atoms with E-state index in [0.29, 0.717) is 6.61 Å². The van der Waals surface area contributed by atoms with Crippen molar-refractivity contribution in [1.82, 2.24) is 0 Å². The van der Waals surface area contributed by atoms with Crippen LogP contribution in [0.3, 0.4) is 0 Å². The van der Waals surface area contributed by atoms with Crippen molar-refractivity contribution in [2.45, 2.75) is 20.0 Å². The van der Waals surface area contributed by atoms with Crippen molar-refractivity contribution >= 4 is 0 Å². The number of aliphatic hydroxyl groups excluding tert-OH is 1. The van der Waals surface area contributed by atoms with Gasteiger partial charge in [-0.2, -0.15) is 0 Å². The van der Waals surface area contributed by atoms with Crippen molar-refractivity contribution in [3.8, 4) is 17.6 Å². The minimum absolute atomic E-state index is 0.112. The predicted molar refractivity (Wildman–Crippen MR) is 80.6 cm³/mol. The van der Waals surface area contributed by atoms with Crippen molar-refractivity contribution in [3.05, 3.63) is 65.2 Å². The normalized spacial score (nSPS) is 9.70. The van der Waals surface area contributed by atoms with Gasteiger partial charge in [-0.3, -0.25) is 0 Å². The first kappa shape index (κ1) is 14.2. The number of aliphatic hydroxyl groups is 1. The first-order chi connectivity index (χ1) is 9.81. The molecule has 20 heavy (non-hydrogen) atoms. The van der Waals surface area contributed by atoms with E-state index in [1.807, 2.05) is 36.4 Å². The highest BCUT2D eigenvalue weighted by Gasteiger charge is 1.97. The van der Waals surface area contributed by atoms with E-state index in [0.717, 1.165) is 23.3 Å². The van der Waals surface area contributed by atoms with Crippen LogP contribution >= 0.6 is 0 Å². The monoisotopic (exact) mass is 266 g/mol. The summed E-state index contributed by atoms with van der Waals surface area (Å²) in [5.74, 6) is 6.40. The molecule has 0 amide bonds. The summed E-state index contributed by atoms with van der Waals surface area (Å²) in [5, 5.41) is 8.64. The molecule has 0 aliphatic rings. The van der Waals surface area contributed by atoms with Crippen LogP contribution in [0.15, 0.2) is 48.5 Å². The lowest BCUT2D eigenvalue weighted by atomic mass is 10.1. The van der Waals surface area contributed by atoms with Gasteiger partial charge in [0.1, 0.15) is 19.0 Å². The highest BCUT2D eigenvalue weighted by molar-refractivity contribution is 5.36. The van der Waals surface area contributed by atoms with E-state index < -0.39 is 0 Å². The molecule has 0 aromatic heterocycles. The van der Waals surface area contributed by atoms with E-state index in [2.05, 4.69) is 30.9 Å². The fourth-order valence-electron chi connectivity index (χ4n) is 1.85. The topological polar surface area (TPSA) is 29.5 Å². The zero-order valence-electron chi connectivity index (χ0n) is 11.6. The van der Waals surface area contributed by atoms with Crippen molar-refractivity contribution in [1.29, 1.82) is 0 Å². The molecule has 2 nitrogen and oxygen atoms in total. The van der Waals surface area contributed by atoms with E-state index in [9.17, 15) is 0 Å². The lowest BCUT2D eigenvalue weighted by molar-refractivity contribution is 0.306. The Labute approximate surface area is 120 Å². The maximum Gasteiger partial charge on any atom is 0.120 e. The average Bonchev–Trinajstić information content (AvgIpc) is 2.52. The molecule has 0 fully saturated rings. The zero-order valence-corrected chi connectivity index (χ0v) is 11.6. The number of rotatable bonds is 4. The lowest BCUT2D eigenvalue weighted by Crippen LogP contribution is -1.96. The number of hydrogen-bond acceptors (Lipinski definition) is 2. The van der Waals surface area contributed by atoms with Crippen molar-refractivity contribution in [3.63, 3.8) is 0 Å². The molecular formula is C18H18O2. The number of aryl methyl sites for hydroxylation is 1. The zero-order chi connectivity index (χ0) is 14.2. The second-order valence-corrected chi connectivity index (χ2v) is 4.45. The molecule has 0 spiro atoms. The summed E-state index contributed by atoms with van der Waals surface area (Å²) in [6.07, 6.45) is 1.01. The van der Waals surface area contributed by atoms with E-state index in [1.54, 1.807) is 0 Å². The molecule has 2 rings (SSSR count). The van der Waals surface area contributed by atoms with Crippen molar-refractivity contribution in [2.24, 2.45) is 0 Å². The van der Waals surface area contributed by atoms with Crippen LogP contribution in [0.25, 0.3) is 0 Å². The molecule has 0 unspecified atom stereocenters. The smallest absolute Gasteiger partial charge is 0.120 e. The van der Waals surface area contributed by atoms with Gasteiger partial charge in [-0.1, -0.05) is 43.0 Å². The minimum atomic E-state index is -0.112. The van der Waals surface area contributed by atoms with Gasteiger partial charge in [0.05, 0.1) is 0 Å². The highest BCUT2D eigenvalue weighted by atomic mass is 16.5. The number of benzene rings is 2. The standard InChI is InChI=1S/C18H18O2/c1-2-15-5-3-7-18(13-15)20-14-17-10-8-16(9-11-17)6-4-12-19/h3,5,7-11,13,19H,2,12,14H2,1H3. The summed E-state index contributed by atoms with van der Waals surface area (Å²) < 4.78 is 5.78. The summed E-state index contributed by atoms with van der Waals surface area (Å²) in [7, 11) is 0. The summed E-state index contributed by atoms with van der Waals surface area (Å²) in [6, 6.07) is 16.0. The highest BCUT2D eigenvalue weighted by Crippen LogP contribution is 2.15. The third-order valence-electron chi connectivity index (χ3n) is 2.98. The van der Waals surface area contributed by atoms with Gasteiger partial charge in [0.2, 0.25) is 0 Å². The lowest BCUT2D eigenvalue weighted by Gasteiger charge is -2.07.